The van der Waals surface area contributed by atoms with Crippen molar-refractivity contribution in [3.05, 3.63) is 34.3 Å². The summed E-state index contributed by atoms with van der Waals surface area (Å²) in [5, 5.41) is 4.18. The lowest BCUT2D eigenvalue weighted by Gasteiger charge is -2.06. The molecule has 0 saturated heterocycles. The van der Waals surface area contributed by atoms with Crippen molar-refractivity contribution in [2.75, 3.05) is 18.1 Å². The van der Waals surface area contributed by atoms with Crippen LogP contribution in [0, 0.1) is 19.3 Å². The van der Waals surface area contributed by atoms with Crippen LogP contribution in [0.1, 0.15) is 11.1 Å². The first-order valence-corrected chi connectivity index (χ1v) is 6.74. The minimum absolute atomic E-state index is 0.785. The Hall–Kier alpha value is -0.620. The topological polar surface area (TPSA) is 12.0 Å². The smallest absolute Gasteiger partial charge is 0.0545 e. The van der Waals surface area contributed by atoms with Crippen LogP contribution in [0.5, 0.6) is 0 Å². The maximum Gasteiger partial charge on any atom is 0.0545 e. The summed E-state index contributed by atoms with van der Waals surface area (Å²) in [6.45, 7) is 3.81. The van der Waals surface area contributed by atoms with E-state index >= 15 is 0 Å². The number of hydrogen-bond acceptors (Lipinski definition) is 2. The molecule has 1 N–H and O–H groups in total. The van der Waals surface area contributed by atoms with E-state index in [2.05, 4.69) is 23.4 Å². The fourth-order valence-electron chi connectivity index (χ4n) is 1.29. The summed E-state index contributed by atoms with van der Waals surface area (Å²) in [6.07, 6.45) is 5.16. The fourth-order valence-corrected chi connectivity index (χ4v) is 2.15. The van der Waals surface area contributed by atoms with Crippen molar-refractivity contribution in [2.24, 2.45) is 0 Å². The molecular weight excluding hydrogens is 238 g/mol. The molecule has 0 atom stereocenters. The van der Waals surface area contributed by atoms with Crippen molar-refractivity contribution >= 4 is 23.4 Å². The summed E-state index contributed by atoms with van der Waals surface area (Å²) in [4.78, 5) is 0. The highest BCUT2D eigenvalue weighted by molar-refractivity contribution is 7.99. The lowest BCUT2D eigenvalue weighted by molar-refractivity contribution is 0.732. The molecule has 86 valence electrons. The number of aryl methyl sites for hydroxylation is 1. The van der Waals surface area contributed by atoms with Gasteiger partial charge in [0, 0.05) is 23.9 Å². The van der Waals surface area contributed by atoms with Crippen LogP contribution in [0.2, 0.25) is 5.02 Å². The molecule has 1 aromatic carbocycles. The van der Waals surface area contributed by atoms with E-state index in [0.717, 1.165) is 35.2 Å². The monoisotopic (exact) mass is 253 g/mol. The molecule has 1 rings (SSSR count). The Morgan fingerprint density at radius 1 is 1.50 bits per heavy atom. The first-order chi connectivity index (χ1) is 7.74. The molecule has 1 nitrogen and oxygen atoms in total. The predicted octanol–water partition coefficient (Wildman–Crippen LogP) is 3.10. The number of terminal acetylenes is 1. The van der Waals surface area contributed by atoms with Crippen molar-refractivity contribution in [2.45, 2.75) is 13.5 Å². The average molecular weight is 254 g/mol. The summed E-state index contributed by atoms with van der Waals surface area (Å²) >= 11 is 7.88. The summed E-state index contributed by atoms with van der Waals surface area (Å²) in [7, 11) is 0. The second-order valence-corrected chi connectivity index (χ2v) is 5.04. The highest BCUT2D eigenvalue weighted by Crippen LogP contribution is 2.17. The second-order valence-electron chi connectivity index (χ2n) is 3.53. The van der Waals surface area contributed by atoms with Gasteiger partial charge in [0.25, 0.3) is 0 Å². The van der Waals surface area contributed by atoms with Gasteiger partial charge in [0.15, 0.2) is 0 Å². The van der Waals surface area contributed by atoms with E-state index in [4.69, 9.17) is 18.0 Å². The second kappa shape index (κ2) is 7.62. The van der Waals surface area contributed by atoms with Gasteiger partial charge in [-0.1, -0.05) is 29.7 Å². The molecule has 0 saturated carbocycles. The molecule has 0 bridgehead atoms. The molecule has 0 radical (unpaired) electrons. The molecule has 3 heteroatoms. The van der Waals surface area contributed by atoms with E-state index in [-0.39, 0.29) is 0 Å². The normalized spacial score (nSPS) is 10.1. The van der Waals surface area contributed by atoms with Crippen LogP contribution in [0.25, 0.3) is 0 Å². The molecule has 0 fully saturated rings. The SMILES string of the molecule is C#CCSCCNCc1ccc(C)cc1Cl. The molecular formula is C13H16ClNS. The number of rotatable bonds is 6. The third-order valence-corrected chi connectivity index (χ3v) is 3.35. The van der Waals surface area contributed by atoms with Crippen LogP contribution in [0.15, 0.2) is 18.2 Å². The van der Waals surface area contributed by atoms with Crippen molar-refractivity contribution in [3.63, 3.8) is 0 Å². The van der Waals surface area contributed by atoms with Gasteiger partial charge in [-0.15, -0.1) is 18.2 Å². The van der Waals surface area contributed by atoms with Crippen LogP contribution in [0.4, 0.5) is 0 Å². The van der Waals surface area contributed by atoms with Crippen molar-refractivity contribution in [3.8, 4) is 12.3 Å². The Morgan fingerprint density at radius 2 is 2.31 bits per heavy atom. The molecule has 1 aromatic rings. The molecule has 0 aromatic heterocycles. The van der Waals surface area contributed by atoms with E-state index in [1.54, 1.807) is 11.8 Å². The molecule has 0 heterocycles. The molecule has 0 aliphatic carbocycles. The Morgan fingerprint density at radius 3 is 3.00 bits per heavy atom. The maximum absolute atomic E-state index is 6.12. The van der Waals surface area contributed by atoms with Crippen LogP contribution in [-0.4, -0.2) is 18.1 Å². The van der Waals surface area contributed by atoms with Gasteiger partial charge in [0.1, 0.15) is 0 Å². The first-order valence-electron chi connectivity index (χ1n) is 5.21. The summed E-state index contributed by atoms with van der Waals surface area (Å²) in [5.41, 5.74) is 2.34. The molecule has 16 heavy (non-hydrogen) atoms. The zero-order valence-corrected chi connectivity index (χ0v) is 11.0. The summed E-state index contributed by atoms with van der Waals surface area (Å²) in [6, 6.07) is 6.14. The summed E-state index contributed by atoms with van der Waals surface area (Å²) in [5.74, 6) is 4.43. The Balaban J connectivity index is 2.25. The minimum Gasteiger partial charge on any atom is -0.312 e. The lowest BCUT2D eigenvalue weighted by Crippen LogP contribution is -2.16. The van der Waals surface area contributed by atoms with Gasteiger partial charge < -0.3 is 5.32 Å². The number of halogens is 1. The number of nitrogens with one attached hydrogen (secondary N) is 1. The van der Waals surface area contributed by atoms with Gasteiger partial charge in [0.2, 0.25) is 0 Å². The van der Waals surface area contributed by atoms with Gasteiger partial charge in [-0.05, 0) is 24.1 Å². The molecule has 0 unspecified atom stereocenters. The van der Waals surface area contributed by atoms with Gasteiger partial charge in [-0.2, -0.15) is 0 Å². The van der Waals surface area contributed by atoms with E-state index in [9.17, 15) is 0 Å². The quantitative estimate of drug-likeness (QED) is 0.618. The molecule has 0 amide bonds. The van der Waals surface area contributed by atoms with Crippen LogP contribution < -0.4 is 5.32 Å². The largest absolute Gasteiger partial charge is 0.312 e. The molecule has 0 spiro atoms. The van der Waals surface area contributed by atoms with Crippen LogP contribution in [0.3, 0.4) is 0 Å². The third kappa shape index (κ3) is 4.94. The Labute approximate surface area is 107 Å². The number of hydrogen-bond donors (Lipinski definition) is 1. The Bertz CT molecular complexity index is 371. The number of thioether (sulfide) groups is 1. The van der Waals surface area contributed by atoms with Crippen LogP contribution in [-0.2, 0) is 6.54 Å². The first kappa shape index (κ1) is 13.4. The maximum atomic E-state index is 6.12. The van der Waals surface area contributed by atoms with E-state index in [0.29, 0.717) is 0 Å². The van der Waals surface area contributed by atoms with Gasteiger partial charge >= 0.3 is 0 Å². The van der Waals surface area contributed by atoms with Gasteiger partial charge in [-0.3, -0.25) is 0 Å². The van der Waals surface area contributed by atoms with Crippen molar-refractivity contribution in [1.82, 2.24) is 5.32 Å². The fraction of sp³-hybridized carbons (Fsp3) is 0.385. The highest BCUT2D eigenvalue weighted by Gasteiger charge is 1.99. The van der Waals surface area contributed by atoms with Gasteiger partial charge in [0.05, 0.1) is 5.75 Å². The molecule has 0 aliphatic heterocycles. The van der Waals surface area contributed by atoms with Crippen LogP contribution >= 0.6 is 23.4 Å². The molecule has 0 aliphatic rings. The number of benzene rings is 1. The van der Waals surface area contributed by atoms with Crippen molar-refractivity contribution in [1.29, 1.82) is 0 Å². The minimum atomic E-state index is 0.785. The highest BCUT2D eigenvalue weighted by atomic mass is 35.5. The van der Waals surface area contributed by atoms with Gasteiger partial charge in [-0.25, -0.2) is 0 Å². The standard InChI is InChI=1S/C13H16ClNS/c1-3-7-16-8-6-15-10-12-5-4-11(2)9-13(12)14/h1,4-5,9,15H,6-8,10H2,2H3. The zero-order valence-electron chi connectivity index (χ0n) is 9.42. The lowest BCUT2D eigenvalue weighted by atomic mass is 10.1. The Kier molecular flexibility index (Phi) is 6.40. The van der Waals surface area contributed by atoms with E-state index in [1.807, 2.05) is 13.0 Å². The predicted molar refractivity (Wildman–Crippen MR) is 74.1 cm³/mol. The summed E-state index contributed by atoms with van der Waals surface area (Å²) < 4.78 is 0. The van der Waals surface area contributed by atoms with Crippen molar-refractivity contribution < 1.29 is 0 Å². The van der Waals surface area contributed by atoms with E-state index < -0.39 is 0 Å². The van der Waals surface area contributed by atoms with E-state index in [1.165, 1.54) is 5.56 Å². The third-order valence-electron chi connectivity index (χ3n) is 2.13. The zero-order chi connectivity index (χ0) is 11.8. The average Bonchev–Trinajstić information content (AvgIpc) is 2.26.